The van der Waals surface area contributed by atoms with E-state index in [9.17, 15) is 0 Å². The van der Waals surface area contributed by atoms with E-state index in [1.807, 2.05) is 29.2 Å². The number of fused-ring (bicyclic) bond motifs is 1. The van der Waals surface area contributed by atoms with Crippen LogP contribution in [0.3, 0.4) is 0 Å². The summed E-state index contributed by atoms with van der Waals surface area (Å²) < 4.78 is 0. The van der Waals surface area contributed by atoms with E-state index in [0.29, 0.717) is 0 Å². The SMILES string of the molecule is CN1CCN(n2ncc3cc(N)ccc32)CC1. The minimum atomic E-state index is 0.787. The van der Waals surface area contributed by atoms with Crippen LogP contribution in [0.1, 0.15) is 0 Å². The Bertz CT molecular complexity index is 525. The Morgan fingerprint density at radius 1 is 1.18 bits per heavy atom. The molecule has 0 unspecified atom stereocenters. The highest BCUT2D eigenvalue weighted by Gasteiger charge is 2.16. The molecule has 17 heavy (non-hydrogen) atoms. The Balaban J connectivity index is 1.95. The average Bonchev–Trinajstić information content (AvgIpc) is 2.73. The summed E-state index contributed by atoms with van der Waals surface area (Å²) in [7, 11) is 2.15. The maximum Gasteiger partial charge on any atom is 0.0922 e. The van der Waals surface area contributed by atoms with Crippen molar-refractivity contribution in [3.05, 3.63) is 24.4 Å². The second-order valence-electron chi connectivity index (χ2n) is 4.61. The van der Waals surface area contributed by atoms with Gasteiger partial charge in [0.25, 0.3) is 0 Å². The van der Waals surface area contributed by atoms with Gasteiger partial charge in [0.2, 0.25) is 0 Å². The molecule has 0 bridgehead atoms. The normalized spacial score (nSPS) is 17.8. The van der Waals surface area contributed by atoms with E-state index in [1.165, 1.54) is 0 Å². The van der Waals surface area contributed by atoms with E-state index in [1.54, 1.807) is 0 Å². The summed E-state index contributed by atoms with van der Waals surface area (Å²) in [5.41, 5.74) is 7.69. The molecule has 2 N–H and O–H groups in total. The first-order chi connectivity index (χ1) is 8.24. The van der Waals surface area contributed by atoms with Gasteiger partial charge in [-0.15, -0.1) is 0 Å². The topological polar surface area (TPSA) is 50.3 Å². The summed E-state index contributed by atoms with van der Waals surface area (Å²) in [5.74, 6) is 0. The number of benzene rings is 1. The highest BCUT2D eigenvalue weighted by molar-refractivity contribution is 5.82. The second-order valence-corrected chi connectivity index (χ2v) is 4.61. The maximum absolute atomic E-state index is 5.77. The highest BCUT2D eigenvalue weighted by Crippen LogP contribution is 2.17. The fourth-order valence-electron chi connectivity index (χ4n) is 2.25. The first-order valence-electron chi connectivity index (χ1n) is 5.91. The molecule has 0 atom stereocenters. The summed E-state index contributed by atoms with van der Waals surface area (Å²) in [5, 5.41) is 7.83. The van der Waals surface area contributed by atoms with Crippen molar-refractivity contribution in [2.24, 2.45) is 0 Å². The molecule has 0 amide bonds. The van der Waals surface area contributed by atoms with Crippen molar-refractivity contribution in [1.82, 2.24) is 14.8 Å². The predicted octanol–water partition coefficient (Wildman–Crippen LogP) is 0.502. The average molecular weight is 231 g/mol. The smallest absolute Gasteiger partial charge is 0.0922 e. The van der Waals surface area contributed by atoms with Crippen LogP contribution < -0.4 is 10.7 Å². The van der Waals surface area contributed by atoms with Crippen LogP contribution in [0.5, 0.6) is 0 Å². The number of nitrogen functional groups attached to an aromatic ring is 1. The zero-order valence-corrected chi connectivity index (χ0v) is 10.0. The zero-order chi connectivity index (χ0) is 11.8. The van der Waals surface area contributed by atoms with E-state index >= 15 is 0 Å². The molecule has 0 aliphatic carbocycles. The molecular weight excluding hydrogens is 214 g/mol. The van der Waals surface area contributed by atoms with E-state index in [2.05, 4.69) is 22.1 Å². The van der Waals surface area contributed by atoms with Crippen LogP contribution in [0.4, 0.5) is 5.69 Å². The molecule has 90 valence electrons. The van der Waals surface area contributed by atoms with Crippen LogP contribution in [0.2, 0.25) is 0 Å². The van der Waals surface area contributed by atoms with E-state index in [-0.39, 0.29) is 0 Å². The molecule has 3 rings (SSSR count). The number of hydrogen-bond acceptors (Lipinski definition) is 4. The number of nitrogens with zero attached hydrogens (tertiary/aromatic N) is 4. The van der Waals surface area contributed by atoms with Gasteiger partial charge in [0.15, 0.2) is 0 Å². The van der Waals surface area contributed by atoms with Gasteiger partial charge in [-0.25, -0.2) is 0 Å². The van der Waals surface area contributed by atoms with Gasteiger partial charge in [-0.05, 0) is 25.2 Å². The quantitative estimate of drug-likeness (QED) is 0.726. The van der Waals surface area contributed by atoms with Gasteiger partial charge >= 0.3 is 0 Å². The standard InChI is InChI=1S/C12H17N5/c1-15-4-6-16(7-5-15)17-12-3-2-11(13)8-10(12)9-14-17/h2-3,8-9H,4-7,13H2,1H3. The highest BCUT2D eigenvalue weighted by atomic mass is 15.7. The lowest BCUT2D eigenvalue weighted by Crippen LogP contribution is -2.50. The molecule has 5 heteroatoms. The Hall–Kier alpha value is -1.75. The summed E-state index contributed by atoms with van der Waals surface area (Å²) >= 11 is 0. The van der Waals surface area contributed by atoms with Crippen LogP contribution >= 0.6 is 0 Å². The maximum atomic E-state index is 5.77. The molecular formula is C12H17N5. The van der Waals surface area contributed by atoms with Crippen LogP contribution in [0, 0.1) is 0 Å². The third-order valence-electron chi connectivity index (χ3n) is 3.32. The van der Waals surface area contributed by atoms with Gasteiger partial charge < -0.3 is 10.6 Å². The Kier molecular flexibility index (Phi) is 2.40. The van der Waals surface area contributed by atoms with Crippen molar-refractivity contribution in [1.29, 1.82) is 0 Å². The van der Waals surface area contributed by atoms with Gasteiger partial charge in [-0.3, -0.25) is 5.01 Å². The number of rotatable bonds is 1. The van der Waals surface area contributed by atoms with E-state index < -0.39 is 0 Å². The third-order valence-corrected chi connectivity index (χ3v) is 3.32. The van der Waals surface area contributed by atoms with Gasteiger partial charge in [-0.1, -0.05) is 0 Å². The predicted molar refractivity (Wildman–Crippen MR) is 69.6 cm³/mol. The van der Waals surface area contributed by atoms with Crippen molar-refractivity contribution < 1.29 is 0 Å². The number of anilines is 1. The van der Waals surface area contributed by atoms with Gasteiger partial charge in [-0.2, -0.15) is 9.89 Å². The lowest BCUT2D eigenvalue weighted by Gasteiger charge is -2.33. The Labute approximate surface area is 100 Å². The molecule has 5 nitrogen and oxygen atoms in total. The first-order valence-corrected chi connectivity index (χ1v) is 5.91. The molecule has 1 aromatic carbocycles. The van der Waals surface area contributed by atoms with Gasteiger partial charge in [0.05, 0.1) is 11.7 Å². The van der Waals surface area contributed by atoms with E-state index in [0.717, 1.165) is 42.8 Å². The third kappa shape index (κ3) is 1.82. The molecule has 0 radical (unpaired) electrons. The molecule has 0 spiro atoms. The zero-order valence-electron chi connectivity index (χ0n) is 10.0. The molecule has 1 aliphatic rings. The number of piperazine rings is 1. The first kappa shape index (κ1) is 10.4. The molecule has 1 saturated heterocycles. The fourth-order valence-corrected chi connectivity index (χ4v) is 2.25. The monoisotopic (exact) mass is 231 g/mol. The lowest BCUT2D eigenvalue weighted by atomic mass is 10.2. The lowest BCUT2D eigenvalue weighted by molar-refractivity contribution is 0.283. The summed E-state index contributed by atoms with van der Waals surface area (Å²) in [6.45, 7) is 4.18. The summed E-state index contributed by atoms with van der Waals surface area (Å²) in [6, 6.07) is 5.93. The molecule has 1 aromatic heterocycles. The number of likely N-dealkylation sites (N-methyl/N-ethyl adjacent to an activating group) is 1. The van der Waals surface area contributed by atoms with Crippen molar-refractivity contribution >= 4 is 16.6 Å². The molecule has 2 aromatic rings. The fraction of sp³-hybridized carbons (Fsp3) is 0.417. The number of aromatic nitrogens is 2. The number of hydrogen-bond donors (Lipinski definition) is 1. The Morgan fingerprint density at radius 3 is 2.71 bits per heavy atom. The largest absolute Gasteiger partial charge is 0.399 e. The molecule has 2 heterocycles. The van der Waals surface area contributed by atoms with Crippen LogP contribution in [0.15, 0.2) is 24.4 Å². The van der Waals surface area contributed by atoms with Crippen molar-refractivity contribution in [3.63, 3.8) is 0 Å². The van der Waals surface area contributed by atoms with Crippen LogP contribution in [-0.4, -0.2) is 48.0 Å². The minimum Gasteiger partial charge on any atom is -0.399 e. The molecule has 0 saturated carbocycles. The molecule has 1 aliphatic heterocycles. The summed E-state index contributed by atoms with van der Waals surface area (Å²) in [4.78, 5) is 4.34. The van der Waals surface area contributed by atoms with Crippen LogP contribution in [-0.2, 0) is 0 Å². The number of nitrogens with two attached hydrogens (primary N) is 1. The molecule has 1 fully saturated rings. The van der Waals surface area contributed by atoms with Crippen molar-refractivity contribution in [2.75, 3.05) is 44.0 Å². The van der Waals surface area contributed by atoms with Crippen LogP contribution in [0.25, 0.3) is 10.9 Å². The summed E-state index contributed by atoms with van der Waals surface area (Å²) in [6.07, 6.45) is 1.88. The van der Waals surface area contributed by atoms with Gasteiger partial charge in [0.1, 0.15) is 0 Å². The second kappa shape index (κ2) is 3.92. The van der Waals surface area contributed by atoms with Crippen molar-refractivity contribution in [2.45, 2.75) is 0 Å². The Morgan fingerprint density at radius 2 is 1.94 bits per heavy atom. The van der Waals surface area contributed by atoms with Crippen molar-refractivity contribution in [3.8, 4) is 0 Å². The van der Waals surface area contributed by atoms with Gasteiger partial charge in [0, 0.05) is 37.3 Å². The van der Waals surface area contributed by atoms with E-state index in [4.69, 9.17) is 5.73 Å². The minimum absolute atomic E-state index is 0.787.